The molecule has 1 aromatic heterocycles. The Hall–Kier alpha value is -3.37. The van der Waals surface area contributed by atoms with Crippen LogP contribution in [-0.2, 0) is 4.79 Å². The number of phenolic OH excluding ortho intramolecular Hbond substituents is 1. The molecule has 0 radical (unpaired) electrons. The molecule has 1 atom stereocenters. The number of ether oxygens (including phenoxy) is 1. The highest BCUT2D eigenvalue weighted by atomic mass is 35.5. The van der Waals surface area contributed by atoms with Crippen LogP contribution in [0.5, 0.6) is 11.5 Å². The number of halogens is 2. The van der Waals surface area contributed by atoms with Crippen molar-refractivity contribution in [3.8, 4) is 22.8 Å². The van der Waals surface area contributed by atoms with E-state index in [9.17, 15) is 14.7 Å². The molecule has 1 N–H and O–H groups in total. The van der Waals surface area contributed by atoms with E-state index >= 15 is 4.39 Å². The number of aromatic hydroxyl groups is 1. The molecule has 1 aromatic carbocycles. The number of phenols is 1. The standard InChI is InChI=1S/C28H33ClFN5O4/c1-3-21(37)34-14-15-35-18(16-34)17-39-26-23(28(35)38)27(33-12-5-4-10-32(2)11-7-13-33)31-25(24(26)29)22-19(30)8-6-9-20(22)36/h3,6,8-9,18,36H,1,4-5,7,10-17H2,2H3/t18-/m1/s1. The molecule has 0 bridgehead atoms. The summed E-state index contributed by atoms with van der Waals surface area (Å²) in [4.78, 5) is 38.9. The molecule has 0 aliphatic carbocycles. The molecule has 208 valence electrons. The van der Waals surface area contributed by atoms with E-state index in [1.54, 1.807) is 9.80 Å². The first-order chi connectivity index (χ1) is 18.8. The van der Waals surface area contributed by atoms with Gasteiger partial charge in [0.15, 0.2) is 5.75 Å². The number of amides is 2. The van der Waals surface area contributed by atoms with E-state index in [4.69, 9.17) is 21.3 Å². The van der Waals surface area contributed by atoms with Gasteiger partial charge in [0.05, 0.1) is 11.6 Å². The highest BCUT2D eigenvalue weighted by Gasteiger charge is 2.40. The SMILES string of the molecule is C=CC(=O)N1CCN2C(=O)c3c(N4CCCCN(C)CCC4)nc(-c4c(O)cccc4F)c(Cl)c3OC[C@H]2C1. The third kappa shape index (κ3) is 5.27. The summed E-state index contributed by atoms with van der Waals surface area (Å²) in [6.45, 7) is 7.80. The number of piperazine rings is 1. The first-order valence-electron chi connectivity index (χ1n) is 13.3. The van der Waals surface area contributed by atoms with Crippen LogP contribution in [0.3, 0.4) is 0 Å². The number of aromatic nitrogens is 1. The zero-order chi connectivity index (χ0) is 27.7. The van der Waals surface area contributed by atoms with Crippen LogP contribution in [0.1, 0.15) is 29.6 Å². The van der Waals surface area contributed by atoms with E-state index in [1.165, 1.54) is 24.3 Å². The van der Waals surface area contributed by atoms with E-state index < -0.39 is 11.9 Å². The molecule has 5 rings (SSSR count). The van der Waals surface area contributed by atoms with E-state index in [1.807, 2.05) is 0 Å². The van der Waals surface area contributed by atoms with Crippen LogP contribution in [0.15, 0.2) is 30.9 Å². The first kappa shape index (κ1) is 27.2. The number of fused-ring (bicyclic) bond motifs is 2. The van der Waals surface area contributed by atoms with Gasteiger partial charge in [-0.15, -0.1) is 0 Å². The third-order valence-corrected chi connectivity index (χ3v) is 8.00. The molecule has 3 aliphatic rings. The van der Waals surface area contributed by atoms with Gasteiger partial charge in [-0.3, -0.25) is 9.59 Å². The van der Waals surface area contributed by atoms with Crippen molar-refractivity contribution in [2.24, 2.45) is 0 Å². The molecule has 11 heteroatoms. The van der Waals surface area contributed by atoms with Gasteiger partial charge in [-0.25, -0.2) is 9.37 Å². The predicted octanol–water partition coefficient (Wildman–Crippen LogP) is 3.40. The van der Waals surface area contributed by atoms with Gasteiger partial charge < -0.3 is 29.4 Å². The lowest BCUT2D eigenvalue weighted by Crippen LogP contribution is -2.57. The minimum absolute atomic E-state index is 0.0224. The molecule has 2 saturated heterocycles. The van der Waals surface area contributed by atoms with Crippen LogP contribution in [-0.4, -0.2) is 102 Å². The summed E-state index contributed by atoms with van der Waals surface area (Å²) < 4.78 is 21.3. The second kappa shape index (κ2) is 11.4. The Kier molecular flexibility index (Phi) is 7.95. The lowest BCUT2D eigenvalue weighted by molar-refractivity contribution is -0.128. The van der Waals surface area contributed by atoms with E-state index in [2.05, 4.69) is 23.4 Å². The quantitative estimate of drug-likeness (QED) is 0.579. The molecule has 9 nitrogen and oxygen atoms in total. The fraction of sp³-hybridized carbons (Fsp3) is 0.464. The van der Waals surface area contributed by atoms with Gasteiger partial charge in [-0.05, 0) is 57.6 Å². The third-order valence-electron chi connectivity index (χ3n) is 7.65. The van der Waals surface area contributed by atoms with Crippen molar-refractivity contribution < 1.29 is 23.8 Å². The fourth-order valence-corrected chi connectivity index (χ4v) is 5.85. The van der Waals surface area contributed by atoms with Crippen LogP contribution in [0.25, 0.3) is 11.3 Å². The molecule has 0 spiro atoms. The summed E-state index contributed by atoms with van der Waals surface area (Å²) in [7, 11) is 2.09. The largest absolute Gasteiger partial charge is 0.507 e. The number of benzene rings is 1. The number of nitrogens with zero attached hydrogens (tertiary/aromatic N) is 5. The van der Waals surface area contributed by atoms with Crippen LogP contribution in [0.4, 0.5) is 10.2 Å². The van der Waals surface area contributed by atoms with Crippen molar-refractivity contribution in [2.75, 3.05) is 64.4 Å². The summed E-state index contributed by atoms with van der Waals surface area (Å²) in [6.07, 6.45) is 3.97. The molecule has 39 heavy (non-hydrogen) atoms. The molecule has 0 unspecified atom stereocenters. The topological polar surface area (TPSA) is 89.5 Å². The van der Waals surface area contributed by atoms with Gasteiger partial charge in [-0.1, -0.05) is 24.2 Å². The average Bonchev–Trinajstić information content (AvgIpc) is 2.98. The Morgan fingerprint density at radius 1 is 1.15 bits per heavy atom. The zero-order valence-corrected chi connectivity index (χ0v) is 22.8. The van der Waals surface area contributed by atoms with Crippen molar-refractivity contribution >= 4 is 29.2 Å². The first-order valence-corrected chi connectivity index (χ1v) is 13.7. The minimum atomic E-state index is -0.683. The van der Waals surface area contributed by atoms with Crippen LogP contribution >= 0.6 is 11.6 Å². The van der Waals surface area contributed by atoms with E-state index in [0.717, 1.165) is 32.4 Å². The Morgan fingerprint density at radius 3 is 2.67 bits per heavy atom. The number of hydrogen-bond acceptors (Lipinski definition) is 7. The van der Waals surface area contributed by atoms with Gasteiger partial charge in [0.25, 0.3) is 5.91 Å². The highest BCUT2D eigenvalue weighted by Crippen LogP contribution is 2.46. The van der Waals surface area contributed by atoms with Gasteiger partial charge in [0.1, 0.15) is 40.3 Å². The highest BCUT2D eigenvalue weighted by molar-refractivity contribution is 6.35. The van der Waals surface area contributed by atoms with Crippen LogP contribution in [0.2, 0.25) is 5.02 Å². The Labute approximate surface area is 232 Å². The Morgan fingerprint density at radius 2 is 1.90 bits per heavy atom. The lowest BCUT2D eigenvalue weighted by Gasteiger charge is -2.39. The summed E-state index contributed by atoms with van der Waals surface area (Å²) in [5, 5.41) is 10.5. The second-order valence-electron chi connectivity index (χ2n) is 10.2. The molecule has 4 heterocycles. The van der Waals surface area contributed by atoms with Gasteiger partial charge in [-0.2, -0.15) is 0 Å². The van der Waals surface area contributed by atoms with Gasteiger partial charge >= 0.3 is 0 Å². The van der Waals surface area contributed by atoms with E-state index in [-0.39, 0.29) is 51.8 Å². The second-order valence-corrected chi connectivity index (χ2v) is 10.6. The monoisotopic (exact) mass is 557 g/mol. The summed E-state index contributed by atoms with van der Waals surface area (Å²) in [5.74, 6) is -0.994. The molecule has 2 aromatic rings. The molecule has 0 saturated carbocycles. The van der Waals surface area contributed by atoms with Crippen molar-refractivity contribution in [1.82, 2.24) is 19.7 Å². The van der Waals surface area contributed by atoms with Crippen molar-refractivity contribution in [1.29, 1.82) is 0 Å². The Balaban J connectivity index is 1.64. The average molecular weight is 558 g/mol. The zero-order valence-electron chi connectivity index (χ0n) is 22.0. The Bertz CT molecular complexity index is 1270. The molecular formula is C28H33ClFN5O4. The maximum atomic E-state index is 15.0. The fourth-order valence-electron chi connectivity index (χ4n) is 5.57. The number of pyridine rings is 1. The molecule has 3 aliphatic heterocycles. The van der Waals surface area contributed by atoms with Crippen molar-refractivity contribution in [3.05, 3.63) is 47.3 Å². The summed E-state index contributed by atoms with van der Waals surface area (Å²) in [6, 6.07) is 3.60. The number of hydrogen-bond donors (Lipinski definition) is 1. The lowest BCUT2D eigenvalue weighted by atomic mass is 10.0. The maximum Gasteiger partial charge on any atom is 0.261 e. The number of carbonyl (C=O) groups is 2. The minimum Gasteiger partial charge on any atom is -0.507 e. The number of carbonyl (C=O) groups excluding carboxylic acids is 2. The molecule has 2 fully saturated rings. The molecular weight excluding hydrogens is 525 g/mol. The predicted molar refractivity (Wildman–Crippen MR) is 147 cm³/mol. The number of rotatable bonds is 3. The maximum absolute atomic E-state index is 15.0. The van der Waals surface area contributed by atoms with E-state index in [0.29, 0.717) is 38.5 Å². The normalized spacial score (nSPS) is 20.6. The van der Waals surface area contributed by atoms with Crippen molar-refractivity contribution in [2.45, 2.75) is 25.3 Å². The van der Waals surface area contributed by atoms with Crippen molar-refractivity contribution in [3.63, 3.8) is 0 Å². The van der Waals surface area contributed by atoms with Gasteiger partial charge in [0, 0.05) is 32.7 Å². The summed E-state index contributed by atoms with van der Waals surface area (Å²) >= 11 is 6.82. The smallest absolute Gasteiger partial charge is 0.261 e. The van der Waals surface area contributed by atoms with Crippen LogP contribution in [0, 0.1) is 5.82 Å². The summed E-state index contributed by atoms with van der Waals surface area (Å²) in [5.41, 5.74) is 0.114. The molecule has 2 amide bonds. The van der Waals surface area contributed by atoms with Gasteiger partial charge in [0.2, 0.25) is 5.91 Å². The van der Waals surface area contributed by atoms with Crippen LogP contribution < -0.4 is 9.64 Å². The number of anilines is 1.